The Morgan fingerprint density at radius 3 is 2.63 bits per heavy atom. The fourth-order valence-corrected chi connectivity index (χ4v) is 4.39. The summed E-state index contributed by atoms with van der Waals surface area (Å²) in [4.78, 5) is 13.9. The number of carbonyl (C=O) groups excluding carboxylic acids is 1. The fourth-order valence-electron chi connectivity index (χ4n) is 2.68. The number of ether oxygens (including phenoxy) is 2. The Morgan fingerprint density at radius 2 is 2.00 bits per heavy atom. The van der Waals surface area contributed by atoms with Crippen LogP contribution in [0, 0.1) is 0 Å². The van der Waals surface area contributed by atoms with Crippen LogP contribution in [0.3, 0.4) is 0 Å². The van der Waals surface area contributed by atoms with Crippen molar-refractivity contribution in [3.63, 3.8) is 0 Å². The van der Waals surface area contributed by atoms with Crippen LogP contribution in [-0.2, 0) is 6.54 Å². The van der Waals surface area contributed by atoms with E-state index in [4.69, 9.17) is 9.47 Å². The first-order valence-electron chi connectivity index (χ1n) is 8.49. The highest BCUT2D eigenvalue weighted by Gasteiger charge is 2.22. The Bertz CT molecular complexity index is 922. The van der Waals surface area contributed by atoms with E-state index >= 15 is 0 Å². The van der Waals surface area contributed by atoms with Crippen molar-refractivity contribution in [3.8, 4) is 22.2 Å². The number of carbonyl (C=O) groups is 1. The number of ketones is 1. The predicted molar refractivity (Wildman–Crippen MR) is 108 cm³/mol. The molecule has 1 unspecified atom stereocenters. The molecular formula is C19H21N3O3S2. The van der Waals surface area contributed by atoms with Gasteiger partial charge in [-0.3, -0.25) is 4.79 Å². The smallest absolute Gasteiger partial charge is 0.192 e. The van der Waals surface area contributed by atoms with Gasteiger partial charge in [0.25, 0.3) is 0 Å². The zero-order valence-electron chi connectivity index (χ0n) is 15.6. The van der Waals surface area contributed by atoms with Crippen LogP contribution in [0.15, 0.2) is 40.9 Å². The number of hydrogen-bond donors (Lipinski definition) is 0. The third-order valence-electron chi connectivity index (χ3n) is 4.09. The van der Waals surface area contributed by atoms with Gasteiger partial charge in [0.05, 0.1) is 24.3 Å². The summed E-state index contributed by atoms with van der Waals surface area (Å²) in [6.07, 6.45) is 0. The van der Waals surface area contributed by atoms with Crippen LogP contribution in [0.4, 0.5) is 0 Å². The minimum absolute atomic E-state index is 0.00396. The summed E-state index contributed by atoms with van der Waals surface area (Å²) >= 11 is 3.03. The molecule has 0 N–H and O–H groups in total. The number of aromatic nitrogens is 3. The number of methoxy groups -OCH3 is 2. The van der Waals surface area contributed by atoms with Crippen molar-refractivity contribution in [2.75, 3.05) is 14.2 Å². The minimum Gasteiger partial charge on any atom is -0.493 e. The lowest BCUT2D eigenvalue weighted by molar-refractivity contribution is 0.0993. The summed E-state index contributed by atoms with van der Waals surface area (Å²) < 4.78 is 12.6. The van der Waals surface area contributed by atoms with Crippen molar-refractivity contribution in [2.45, 2.75) is 30.8 Å². The van der Waals surface area contributed by atoms with E-state index in [0.29, 0.717) is 17.1 Å². The summed E-state index contributed by atoms with van der Waals surface area (Å²) in [5, 5.41) is 11.1. The quantitative estimate of drug-likeness (QED) is 0.410. The van der Waals surface area contributed by atoms with E-state index in [0.717, 1.165) is 22.4 Å². The van der Waals surface area contributed by atoms with E-state index in [1.807, 2.05) is 35.9 Å². The van der Waals surface area contributed by atoms with E-state index in [2.05, 4.69) is 10.2 Å². The van der Waals surface area contributed by atoms with Gasteiger partial charge < -0.3 is 14.0 Å². The first-order valence-corrected chi connectivity index (χ1v) is 10.2. The summed E-state index contributed by atoms with van der Waals surface area (Å²) in [5.41, 5.74) is 0.577. The van der Waals surface area contributed by atoms with E-state index in [1.54, 1.807) is 43.8 Å². The van der Waals surface area contributed by atoms with Crippen LogP contribution in [0.25, 0.3) is 10.7 Å². The topological polar surface area (TPSA) is 66.2 Å². The maximum absolute atomic E-state index is 12.9. The molecule has 0 bridgehead atoms. The maximum Gasteiger partial charge on any atom is 0.192 e. The van der Waals surface area contributed by atoms with Crippen molar-refractivity contribution < 1.29 is 14.3 Å². The van der Waals surface area contributed by atoms with Gasteiger partial charge in [-0.2, -0.15) is 0 Å². The number of Topliss-reactive ketones (excluding diaryl/α,β-unsaturated/α-hetero) is 1. The number of benzene rings is 1. The van der Waals surface area contributed by atoms with E-state index in [1.165, 1.54) is 11.8 Å². The third-order valence-corrected chi connectivity index (χ3v) is 6.04. The molecule has 8 heteroatoms. The van der Waals surface area contributed by atoms with Crippen LogP contribution >= 0.6 is 23.1 Å². The first kappa shape index (κ1) is 19.4. The van der Waals surface area contributed by atoms with Crippen LogP contribution in [0.1, 0.15) is 24.2 Å². The molecular weight excluding hydrogens is 382 g/mol. The second-order valence-electron chi connectivity index (χ2n) is 5.72. The summed E-state index contributed by atoms with van der Waals surface area (Å²) in [7, 11) is 3.13. The second-order valence-corrected chi connectivity index (χ2v) is 7.98. The molecule has 2 heterocycles. The molecule has 6 nitrogen and oxygen atoms in total. The maximum atomic E-state index is 12.9. The van der Waals surface area contributed by atoms with Gasteiger partial charge >= 0.3 is 0 Å². The molecule has 2 aromatic heterocycles. The van der Waals surface area contributed by atoms with Crippen molar-refractivity contribution >= 4 is 28.9 Å². The van der Waals surface area contributed by atoms with Crippen molar-refractivity contribution in [1.29, 1.82) is 0 Å². The average molecular weight is 404 g/mol. The lowest BCUT2D eigenvalue weighted by atomic mass is 10.1. The fraction of sp³-hybridized carbons (Fsp3) is 0.316. The molecule has 27 heavy (non-hydrogen) atoms. The molecule has 142 valence electrons. The highest BCUT2D eigenvalue weighted by molar-refractivity contribution is 8.00. The Morgan fingerprint density at radius 1 is 1.22 bits per heavy atom. The standard InChI is InChI=1S/C19H21N3O3S2/c1-5-22-18(16-7-6-10-26-16)20-21-19(22)27-12(2)17(23)13-8-9-14(24-3)15(11-13)25-4/h6-12H,5H2,1-4H3. The molecule has 0 radical (unpaired) electrons. The van der Waals surface area contributed by atoms with Gasteiger partial charge in [0, 0.05) is 12.1 Å². The molecule has 0 aliphatic heterocycles. The van der Waals surface area contributed by atoms with E-state index < -0.39 is 0 Å². The highest BCUT2D eigenvalue weighted by atomic mass is 32.2. The van der Waals surface area contributed by atoms with Gasteiger partial charge in [0.2, 0.25) is 0 Å². The molecule has 0 amide bonds. The Kier molecular flexibility index (Phi) is 6.18. The number of hydrogen-bond acceptors (Lipinski definition) is 7. The Balaban J connectivity index is 1.81. The third kappa shape index (κ3) is 4.01. The van der Waals surface area contributed by atoms with E-state index in [-0.39, 0.29) is 11.0 Å². The van der Waals surface area contributed by atoms with Crippen molar-refractivity contribution in [1.82, 2.24) is 14.8 Å². The van der Waals surface area contributed by atoms with Gasteiger partial charge in [-0.15, -0.1) is 21.5 Å². The van der Waals surface area contributed by atoms with Gasteiger partial charge in [-0.25, -0.2) is 0 Å². The zero-order valence-corrected chi connectivity index (χ0v) is 17.3. The zero-order chi connectivity index (χ0) is 19.4. The van der Waals surface area contributed by atoms with Gasteiger partial charge in [-0.1, -0.05) is 17.8 Å². The second kappa shape index (κ2) is 8.58. The van der Waals surface area contributed by atoms with Gasteiger partial charge in [-0.05, 0) is 43.5 Å². The SMILES string of the molecule is CCn1c(SC(C)C(=O)c2ccc(OC)c(OC)c2)nnc1-c1cccs1. The number of thiophene rings is 1. The minimum atomic E-state index is -0.311. The average Bonchev–Trinajstić information content (AvgIpc) is 3.36. The van der Waals surface area contributed by atoms with Crippen LogP contribution in [0.5, 0.6) is 11.5 Å². The highest BCUT2D eigenvalue weighted by Crippen LogP contribution is 2.32. The van der Waals surface area contributed by atoms with Crippen LogP contribution in [0.2, 0.25) is 0 Å². The van der Waals surface area contributed by atoms with Crippen LogP contribution < -0.4 is 9.47 Å². The summed E-state index contributed by atoms with van der Waals surface area (Å²) in [6, 6.07) is 9.22. The molecule has 0 fully saturated rings. The molecule has 0 aliphatic carbocycles. The summed E-state index contributed by atoms with van der Waals surface area (Å²) in [5.74, 6) is 1.97. The van der Waals surface area contributed by atoms with E-state index in [9.17, 15) is 4.79 Å². The molecule has 1 atom stereocenters. The summed E-state index contributed by atoms with van der Waals surface area (Å²) in [6.45, 7) is 4.66. The molecule has 1 aromatic carbocycles. The van der Waals surface area contributed by atoms with Crippen molar-refractivity contribution in [3.05, 3.63) is 41.3 Å². The largest absolute Gasteiger partial charge is 0.493 e. The predicted octanol–water partition coefficient (Wildman–Crippen LogP) is 4.41. The Labute approximate surface area is 166 Å². The number of rotatable bonds is 8. The molecule has 0 spiro atoms. The van der Waals surface area contributed by atoms with Crippen LogP contribution in [-0.4, -0.2) is 40.0 Å². The van der Waals surface area contributed by atoms with Gasteiger partial charge in [0.15, 0.2) is 28.3 Å². The lowest BCUT2D eigenvalue weighted by Gasteiger charge is -2.13. The molecule has 0 saturated heterocycles. The molecule has 0 saturated carbocycles. The Hall–Kier alpha value is -2.32. The van der Waals surface area contributed by atoms with Gasteiger partial charge in [0.1, 0.15) is 0 Å². The first-order chi connectivity index (χ1) is 13.1. The normalized spacial score (nSPS) is 12.0. The monoisotopic (exact) mass is 403 g/mol. The van der Waals surface area contributed by atoms with Crippen molar-refractivity contribution in [2.24, 2.45) is 0 Å². The molecule has 3 aromatic rings. The number of nitrogens with zero attached hydrogens (tertiary/aromatic N) is 3. The molecule has 0 aliphatic rings. The number of thioether (sulfide) groups is 1. The molecule has 3 rings (SSSR count). The lowest BCUT2D eigenvalue weighted by Crippen LogP contribution is -2.15.